The molecule has 4 aromatic rings. The van der Waals surface area contributed by atoms with Crippen LogP contribution in [0.3, 0.4) is 0 Å². The SMILES string of the molecule is COc1cc2ccc3c4ccc(O)c(OC)c4cnc3c2cc1OC. The highest BCUT2D eigenvalue weighted by atomic mass is 16.5. The minimum Gasteiger partial charge on any atom is -0.504 e. The van der Waals surface area contributed by atoms with E-state index >= 15 is 0 Å². The van der Waals surface area contributed by atoms with E-state index in [1.807, 2.05) is 30.3 Å². The molecule has 5 nitrogen and oxygen atoms in total. The molecule has 0 unspecified atom stereocenters. The lowest BCUT2D eigenvalue weighted by molar-refractivity contribution is 0.356. The summed E-state index contributed by atoms with van der Waals surface area (Å²) in [5.74, 6) is 1.87. The molecule has 0 atom stereocenters. The number of hydrogen-bond acceptors (Lipinski definition) is 5. The van der Waals surface area contributed by atoms with E-state index in [2.05, 4.69) is 4.98 Å². The Morgan fingerprint density at radius 1 is 0.760 bits per heavy atom. The minimum absolute atomic E-state index is 0.100. The summed E-state index contributed by atoms with van der Waals surface area (Å²) in [5, 5.41) is 14.7. The van der Waals surface area contributed by atoms with Crippen LogP contribution in [0.5, 0.6) is 23.0 Å². The number of rotatable bonds is 3. The Hall–Kier alpha value is -3.21. The Morgan fingerprint density at radius 2 is 1.48 bits per heavy atom. The monoisotopic (exact) mass is 335 g/mol. The van der Waals surface area contributed by atoms with Crippen molar-refractivity contribution >= 4 is 32.4 Å². The van der Waals surface area contributed by atoms with Gasteiger partial charge in [0.1, 0.15) is 0 Å². The molecule has 0 aliphatic rings. The topological polar surface area (TPSA) is 60.8 Å². The number of phenolic OH excluding ortho intramolecular Hbond substituents is 1. The first-order valence-electron chi connectivity index (χ1n) is 7.81. The van der Waals surface area contributed by atoms with Gasteiger partial charge in [0.25, 0.3) is 0 Å². The van der Waals surface area contributed by atoms with Crippen LogP contribution in [-0.4, -0.2) is 31.4 Å². The molecule has 0 aliphatic heterocycles. The van der Waals surface area contributed by atoms with E-state index in [4.69, 9.17) is 14.2 Å². The summed E-state index contributed by atoms with van der Waals surface area (Å²) >= 11 is 0. The lowest BCUT2D eigenvalue weighted by atomic mass is 10.0. The van der Waals surface area contributed by atoms with Crippen molar-refractivity contribution in [3.05, 3.63) is 42.6 Å². The fourth-order valence-electron chi connectivity index (χ4n) is 3.29. The predicted molar refractivity (Wildman–Crippen MR) is 98.1 cm³/mol. The molecule has 0 spiro atoms. The van der Waals surface area contributed by atoms with Gasteiger partial charge in [-0.3, -0.25) is 4.98 Å². The molecule has 0 bridgehead atoms. The van der Waals surface area contributed by atoms with E-state index in [-0.39, 0.29) is 5.75 Å². The van der Waals surface area contributed by atoms with Crippen molar-refractivity contribution in [1.82, 2.24) is 4.98 Å². The molecule has 126 valence electrons. The highest BCUT2D eigenvalue weighted by molar-refractivity contribution is 6.16. The Bertz CT molecular complexity index is 1120. The number of nitrogens with zero attached hydrogens (tertiary/aromatic N) is 1. The van der Waals surface area contributed by atoms with Gasteiger partial charge in [-0.25, -0.2) is 0 Å². The first kappa shape index (κ1) is 15.3. The van der Waals surface area contributed by atoms with Crippen molar-refractivity contribution in [3.8, 4) is 23.0 Å². The van der Waals surface area contributed by atoms with Gasteiger partial charge in [0.2, 0.25) is 0 Å². The maximum Gasteiger partial charge on any atom is 0.169 e. The first-order chi connectivity index (χ1) is 12.2. The van der Waals surface area contributed by atoms with Gasteiger partial charge in [0.15, 0.2) is 23.0 Å². The van der Waals surface area contributed by atoms with Crippen molar-refractivity contribution in [2.45, 2.75) is 0 Å². The zero-order valence-corrected chi connectivity index (χ0v) is 14.2. The van der Waals surface area contributed by atoms with Gasteiger partial charge >= 0.3 is 0 Å². The largest absolute Gasteiger partial charge is 0.504 e. The average molecular weight is 335 g/mol. The molecule has 3 aromatic carbocycles. The quantitative estimate of drug-likeness (QED) is 0.567. The molecule has 4 rings (SSSR count). The lowest BCUT2D eigenvalue weighted by Crippen LogP contribution is -1.92. The Balaban J connectivity index is 2.13. The molecule has 5 heteroatoms. The van der Waals surface area contributed by atoms with Crippen molar-refractivity contribution in [3.63, 3.8) is 0 Å². The number of methoxy groups -OCH3 is 3. The molecule has 0 amide bonds. The van der Waals surface area contributed by atoms with Crippen molar-refractivity contribution in [2.24, 2.45) is 0 Å². The van der Waals surface area contributed by atoms with Gasteiger partial charge in [-0.1, -0.05) is 12.1 Å². The van der Waals surface area contributed by atoms with Crippen LogP contribution < -0.4 is 14.2 Å². The number of aromatic nitrogens is 1. The Morgan fingerprint density at radius 3 is 2.20 bits per heavy atom. The number of benzene rings is 3. The molecule has 0 aliphatic carbocycles. The molecule has 0 saturated carbocycles. The summed E-state index contributed by atoms with van der Waals surface area (Å²) in [6.07, 6.45) is 1.73. The number of pyridine rings is 1. The van der Waals surface area contributed by atoms with Gasteiger partial charge in [-0.2, -0.15) is 0 Å². The van der Waals surface area contributed by atoms with Crippen LogP contribution in [0.2, 0.25) is 0 Å². The molecule has 0 radical (unpaired) electrons. The van der Waals surface area contributed by atoms with Gasteiger partial charge < -0.3 is 19.3 Å². The molecule has 1 N–H and O–H groups in total. The Kier molecular flexibility index (Phi) is 3.50. The van der Waals surface area contributed by atoms with Crippen molar-refractivity contribution in [1.29, 1.82) is 0 Å². The van der Waals surface area contributed by atoms with E-state index in [0.717, 1.165) is 32.4 Å². The van der Waals surface area contributed by atoms with E-state index in [0.29, 0.717) is 17.2 Å². The van der Waals surface area contributed by atoms with Crippen LogP contribution in [0, 0.1) is 0 Å². The third-order valence-electron chi connectivity index (χ3n) is 4.49. The third kappa shape index (κ3) is 2.20. The van der Waals surface area contributed by atoms with E-state index in [1.165, 1.54) is 7.11 Å². The first-order valence-corrected chi connectivity index (χ1v) is 7.81. The Labute approximate surface area is 144 Å². The van der Waals surface area contributed by atoms with E-state index in [1.54, 1.807) is 26.5 Å². The zero-order chi connectivity index (χ0) is 17.6. The van der Waals surface area contributed by atoms with Gasteiger partial charge in [-0.05, 0) is 35.0 Å². The summed E-state index contributed by atoms with van der Waals surface area (Å²) in [5.41, 5.74) is 0.860. The van der Waals surface area contributed by atoms with Gasteiger partial charge in [-0.15, -0.1) is 0 Å². The summed E-state index contributed by atoms with van der Waals surface area (Å²) in [7, 11) is 4.77. The summed E-state index contributed by atoms with van der Waals surface area (Å²) in [4.78, 5) is 4.63. The standard InChI is InChI=1S/C20H17NO4/c1-23-17-8-11-4-5-13-12-6-7-16(22)20(25-3)15(12)10-21-19(13)14(11)9-18(17)24-2/h4-10,22H,1-3H3. The minimum atomic E-state index is 0.100. The van der Waals surface area contributed by atoms with Crippen LogP contribution in [0.15, 0.2) is 42.6 Å². The van der Waals surface area contributed by atoms with E-state index in [9.17, 15) is 5.11 Å². The fraction of sp³-hybridized carbons (Fsp3) is 0.150. The maximum atomic E-state index is 10.00. The van der Waals surface area contributed by atoms with Crippen LogP contribution in [0.25, 0.3) is 32.4 Å². The van der Waals surface area contributed by atoms with Gasteiger partial charge in [0.05, 0.1) is 26.8 Å². The molecule has 0 saturated heterocycles. The molecular weight excluding hydrogens is 318 g/mol. The molecule has 1 aromatic heterocycles. The molecule has 1 heterocycles. The smallest absolute Gasteiger partial charge is 0.169 e. The highest BCUT2D eigenvalue weighted by Crippen LogP contribution is 2.40. The summed E-state index contributed by atoms with van der Waals surface area (Å²) in [6.45, 7) is 0. The predicted octanol–water partition coefficient (Wildman–Crippen LogP) is 4.27. The molecule has 25 heavy (non-hydrogen) atoms. The maximum absolute atomic E-state index is 10.00. The molecular formula is C20H17NO4. The summed E-state index contributed by atoms with van der Waals surface area (Å²) in [6, 6.07) is 11.4. The third-order valence-corrected chi connectivity index (χ3v) is 4.49. The second kappa shape index (κ2) is 5.70. The zero-order valence-electron chi connectivity index (χ0n) is 14.2. The van der Waals surface area contributed by atoms with Crippen molar-refractivity contribution < 1.29 is 19.3 Å². The number of aromatic hydroxyl groups is 1. The van der Waals surface area contributed by atoms with Gasteiger partial charge in [0, 0.05) is 22.4 Å². The number of ether oxygens (including phenoxy) is 3. The van der Waals surface area contributed by atoms with Crippen LogP contribution in [0.4, 0.5) is 0 Å². The van der Waals surface area contributed by atoms with Crippen LogP contribution in [0.1, 0.15) is 0 Å². The molecule has 0 fully saturated rings. The highest BCUT2D eigenvalue weighted by Gasteiger charge is 2.14. The second-order valence-electron chi connectivity index (χ2n) is 5.73. The second-order valence-corrected chi connectivity index (χ2v) is 5.73. The average Bonchev–Trinajstić information content (AvgIpc) is 2.65. The number of phenols is 1. The summed E-state index contributed by atoms with van der Waals surface area (Å²) < 4.78 is 16.1. The lowest BCUT2D eigenvalue weighted by Gasteiger charge is -2.13. The normalized spacial score (nSPS) is 11.2. The van der Waals surface area contributed by atoms with E-state index < -0.39 is 0 Å². The van der Waals surface area contributed by atoms with Crippen LogP contribution in [-0.2, 0) is 0 Å². The number of hydrogen-bond donors (Lipinski definition) is 1. The fourth-order valence-corrected chi connectivity index (χ4v) is 3.29. The van der Waals surface area contributed by atoms with Crippen molar-refractivity contribution in [2.75, 3.05) is 21.3 Å². The van der Waals surface area contributed by atoms with Crippen LogP contribution >= 0.6 is 0 Å². The number of fused-ring (bicyclic) bond motifs is 5.